The Balaban J connectivity index is 1.57. The number of hydrogen-bond acceptors (Lipinski definition) is 5. The van der Waals surface area contributed by atoms with Gasteiger partial charge in [0.25, 0.3) is 0 Å². The van der Waals surface area contributed by atoms with Crippen molar-refractivity contribution in [1.29, 1.82) is 0 Å². The van der Waals surface area contributed by atoms with Crippen LogP contribution in [0, 0.1) is 17.3 Å². The van der Waals surface area contributed by atoms with Crippen LogP contribution in [0.5, 0.6) is 0 Å². The normalized spacial score (nSPS) is 30.6. The van der Waals surface area contributed by atoms with Crippen LogP contribution in [-0.4, -0.2) is 52.5 Å². The molecule has 3 rings (SSSR count). The lowest BCUT2D eigenvalue weighted by Crippen LogP contribution is -2.36. The van der Waals surface area contributed by atoms with E-state index in [-0.39, 0.29) is 5.41 Å². The second-order valence-electron chi connectivity index (χ2n) is 9.56. The summed E-state index contributed by atoms with van der Waals surface area (Å²) in [6.45, 7) is 7.65. The number of aliphatic hydroxyl groups is 1. The summed E-state index contributed by atoms with van der Waals surface area (Å²) in [6.07, 6.45) is 6.81. The van der Waals surface area contributed by atoms with Crippen molar-refractivity contribution in [2.45, 2.75) is 81.9 Å². The summed E-state index contributed by atoms with van der Waals surface area (Å²) in [5.41, 5.74) is 0.0874. The maximum atomic E-state index is 14.4. The van der Waals surface area contributed by atoms with E-state index in [4.69, 9.17) is 9.47 Å². The molecule has 3 fully saturated rings. The molecule has 0 aromatic heterocycles. The summed E-state index contributed by atoms with van der Waals surface area (Å²) >= 11 is 4.12. The van der Waals surface area contributed by atoms with Gasteiger partial charge in [-0.15, -0.1) is 23.5 Å². The van der Waals surface area contributed by atoms with E-state index in [1.165, 1.54) is 17.9 Å². The first-order valence-corrected chi connectivity index (χ1v) is 12.9. The van der Waals surface area contributed by atoms with Crippen LogP contribution in [0.2, 0.25) is 0 Å². The van der Waals surface area contributed by atoms with Crippen molar-refractivity contribution in [3.05, 3.63) is 12.2 Å². The minimum atomic E-state index is -1.20. The molecule has 1 N–H and O–H groups in total. The van der Waals surface area contributed by atoms with Crippen LogP contribution in [0.1, 0.15) is 59.3 Å². The molecule has 3 aliphatic rings. The van der Waals surface area contributed by atoms with Crippen LogP contribution in [0.4, 0.5) is 4.39 Å². The highest BCUT2D eigenvalue weighted by atomic mass is 32.2. The molecule has 1 saturated carbocycles. The Hall–Kier alpha value is 0.250. The van der Waals surface area contributed by atoms with E-state index in [0.717, 1.165) is 25.7 Å². The van der Waals surface area contributed by atoms with Gasteiger partial charge in [0, 0.05) is 23.8 Å². The van der Waals surface area contributed by atoms with Crippen molar-refractivity contribution < 1.29 is 19.0 Å². The maximum absolute atomic E-state index is 14.4. The Kier molecular flexibility index (Phi) is 8.22. The van der Waals surface area contributed by atoms with E-state index in [1.54, 1.807) is 6.08 Å². The molecule has 162 valence electrons. The third kappa shape index (κ3) is 6.13. The molecule has 2 heterocycles. The van der Waals surface area contributed by atoms with Crippen LogP contribution in [-0.2, 0) is 9.47 Å². The summed E-state index contributed by atoms with van der Waals surface area (Å²) in [5, 5.41) is 10.3. The van der Waals surface area contributed by atoms with E-state index < -0.39 is 18.1 Å². The van der Waals surface area contributed by atoms with Gasteiger partial charge in [-0.25, -0.2) is 4.39 Å². The molecule has 1 spiro atoms. The molecule has 2 aliphatic heterocycles. The number of aliphatic hydroxyl groups excluding tert-OH is 1. The zero-order chi connectivity index (χ0) is 20.2. The molecule has 0 radical (unpaired) electrons. The summed E-state index contributed by atoms with van der Waals surface area (Å²) in [6, 6.07) is 0. The molecular formula is C22H37FO3S2. The van der Waals surface area contributed by atoms with Crippen molar-refractivity contribution >= 4 is 23.5 Å². The van der Waals surface area contributed by atoms with Gasteiger partial charge in [-0.2, -0.15) is 0 Å². The van der Waals surface area contributed by atoms with Crippen LogP contribution in [0.3, 0.4) is 0 Å². The third-order valence-electron chi connectivity index (χ3n) is 6.18. The molecular weight excluding hydrogens is 395 g/mol. The molecule has 4 atom stereocenters. The van der Waals surface area contributed by atoms with E-state index >= 15 is 0 Å². The Bertz CT molecular complexity index is 510. The van der Waals surface area contributed by atoms with E-state index in [1.807, 2.05) is 6.08 Å². The van der Waals surface area contributed by atoms with Crippen molar-refractivity contribution in [2.75, 3.05) is 24.7 Å². The first-order chi connectivity index (χ1) is 13.3. The Morgan fingerprint density at radius 1 is 1.18 bits per heavy atom. The predicted molar refractivity (Wildman–Crippen MR) is 118 cm³/mol. The Morgan fingerprint density at radius 3 is 2.50 bits per heavy atom. The lowest BCUT2D eigenvalue weighted by Gasteiger charge is -2.32. The van der Waals surface area contributed by atoms with Crippen molar-refractivity contribution in [2.24, 2.45) is 17.3 Å². The minimum Gasteiger partial charge on any atom is -0.386 e. The zero-order valence-corrected chi connectivity index (χ0v) is 19.2. The molecule has 2 saturated heterocycles. The van der Waals surface area contributed by atoms with E-state index in [9.17, 15) is 9.50 Å². The van der Waals surface area contributed by atoms with Gasteiger partial charge in [0.1, 0.15) is 12.3 Å². The average molecular weight is 433 g/mol. The summed E-state index contributed by atoms with van der Waals surface area (Å²) in [5.74, 6) is 2.64. The predicted octanol–water partition coefficient (Wildman–Crippen LogP) is 5.42. The molecule has 1 aliphatic carbocycles. The Labute approximate surface area is 178 Å². The summed E-state index contributed by atoms with van der Waals surface area (Å²) in [4.78, 5) is 0. The molecule has 0 aromatic carbocycles. The maximum Gasteiger partial charge on any atom is 0.171 e. The second kappa shape index (κ2) is 10.0. The number of rotatable bonds is 8. The topological polar surface area (TPSA) is 38.7 Å². The van der Waals surface area contributed by atoms with Gasteiger partial charge < -0.3 is 14.6 Å². The summed E-state index contributed by atoms with van der Waals surface area (Å²) < 4.78 is 27.2. The number of halogens is 1. The standard InChI is InChI=1S/C22H37FO3S2/c1-21(2,3)10-9-18(23)19(24)6-4-16-8-11-22(25-12-13-26-22)17(16)5-7-20-27-14-15-28-20/h4,6,16-20,24H,5,7-15H2,1-3H3/b6-4+. The molecule has 6 heteroatoms. The van der Waals surface area contributed by atoms with Gasteiger partial charge in [0.2, 0.25) is 0 Å². The van der Waals surface area contributed by atoms with Gasteiger partial charge in [0.05, 0.1) is 17.8 Å². The molecule has 4 unspecified atom stereocenters. The third-order valence-corrected chi connectivity index (χ3v) is 9.35. The zero-order valence-electron chi connectivity index (χ0n) is 17.6. The first kappa shape index (κ1) is 22.9. The van der Waals surface area contributed by atoms with Gasteiger partial charge >= 0.3 is 0 Å². The highest BCUT2D eigenvalue weighted by Gasteiger charge is 2.51. The molecule has 0 aromatic rings. The van der Waals surface area contributed by atoms with Gasteiger partial charge in [-0.1, -0.05) is 32.9 Å². The van der Waals surface area contributed by atoms with Crippen LogP contribution >= 0.6 is 23.5 Å². The van der Waals surface area contributed by atoms with E-state index in [0.29, 0.717) is 36.1 Å². The van der Waals surface area contributed by atoms with Crippen LogP contribution < -0.4 is 0 Å². The monoisotopic (exact) mass is 432 g/mol. The molecule has 28 heavy (non-hydrogen) atoms. The first-order valence-electron chi connectivity index (χ1n) is 10.8. The number of thioether (sulfide) groups is 2. The highest BCUT2D eigenvalue weighted by Crippen LogP contribution is 2.50. The van der Waals surface area contributed by atoms with Crippen molar-refractivity contribution in [3.63, 3.8) is 0 Å². The van der Waals surface area contributed by atoms with Crippen LogP contribution in [0.15, 0.2) is 12.2 Å². The number of alkyl halides is 1. The highest BCUT2D eigenvalue weighted by molar-refractivity contribution is 8.20. The molecule has 0 bridgehead atoms. The second-order valence-corrected chi connectivity index (χ2v) is 12.5. The largest absolute Gasteiger partial charge is 0.386 e. The number of ether oxygens (including phenoxy) is 2. The SMILES string of the molecule is CC(C)(C)CCC(F)C(O)/C=C/C1CCC2(OCCO2)C1CCC1SCCS1. The lowest BCUT2D eigenvalue weighted by atomic mass is 9.87. The number of hydrogen-bond donors (Lipinski definition) is 1. The van der Waals surface area contributed by atoms with Crippen molar-refractivity contribution in [3.8, 4) is 0 Å². The fourth-order valence-corrected chi connectivity index (χ4v) is 7.45. The fraction of sp³-hybridized carbons (Fsp3) is 0.909. The lowest BCUT2D eigenvalue weighted by molar-refractivity contribution is -0.185. The molecule has 3 nitrogen and oxygen atoms in total. The van der Waals surface area contributed by atoms with Gasteiger partial charge in [-0.05, 0) is 43.4 Å². The quantitative estimate of drug-likeness (QED) is 0.518. The van der Waals surface area contributed by atoms with Crippen LogP contribution in [0.25, 0.3) is 0 Å². The van der Waals surface area contributed by atoms with Crippen molar-refractivity contribution in [1.82, 2.24) is 0 Å². The average Bonchev–Trinajstić information content (AvgIpc) is 3.38. The smallest absolute Gasteiger partial charge is 0.171 e. The number of allylic oxidation sites excluding steroid dienone is 1. The molecule has 0 amide bonds. The summed E-state index contributed by atoms with van der Waals surface area (Å²) in [7, 11) is 0. The fourth-order valence-electron chi connectivity index (χ4n) is 4.58. The minimum absolute atomic E-state index is 0.0874. The van der Waals surface area contributed by atoms with E-state index in [2.05, 4.69) is 44.3 Å². The van der Waals surface area contributed by atoms with Gasteiger partial charge in [-0.3, -0.25) is 0 Å². The Morgan fingerprint density at radius 2 is 1.86 bits per heavy atom. The van der Waals surface area contributed by atoms with Gasteiger partial charge in [0.15, 0.2) is 5.79 Å².